The minimum atomic E-state index is -4.71. The van der Waals surface area contributed by atoms with Crippen molar-refractivity contribution in [2.24, 2.45) is 0 Å². The Balaban J connectivity index is 1.93. The van der Waals surface area contributed by atoms with Gasteiger partial charge < -0.3 is 14.8 Å². The van der Waals surface area contributed by atoms with Gasteiger partial charge in [-0.25, -0.2) is 18.0 Å². The first-order chi connectivity index (χ1) is 19.9. The molecule has 4 rings (SSSR count). The van der Waals surface area contributed by atoms with E-state index in [0.29, 0.717) is 0 Å². The molecule has 0 spiro atoms. The maximum absolute atomic E-state index is 13.7. The highest BCUT2D eigenvalue weighted by Gasteiger charge is 2.39. The molecule has 1 aliphatic heterocycles. The predicted molar refractivity (Wildman–Crippen MR) is 144 cm³/mol. The zero-order valence-corrected chi connectivity index (χ0v) is 22.7. The SMILES string of the molecule is C=CCOC(=O)OC1=C(C)N(c2cccc(C(F)(F)F)c2)C(=O)NC1c1ccc(C#N)cc1S(=O)(=O)c1ccccc1. The van der Waals surface area contributed by atoms with Gasteiger partial charge in [0.05, 0.1) is 38.4 Å². The van der Waals surface area contributed by atoms with E-state index in [4.69, 9.17) is 9.47 Å². The lowest BCUT2D eigenvalue weighted by Gasteiger charge is -2.35. The maximum Gasteiger partial charge on any atom is 0.513 e. The summed E-state index contributed by atoms with van der Waals surface area (Å²) in [5.41, 5.74) is -1.42. The Morgan fingerprint density at radius 1 is 1.12 bits per heavy atom. The van der Waals surface area contributed by atoms with Gasteiger partial charge in [-0.05, 0) is 49.4 Å². The summed E-state index contributed by atoms with van der Waals surface area (Å²) in [6.45, 7) is 4.51. The van der Waals surface area contributed by atoms with Gasteiger partial charge in [-0.3, -0.25) is 4.90 Å². The quantitative estimate of drug-likeness (QED) is 0.252. The molecule has 3 aromatic rings. The number of halogens is 3. The topological polar surface area (TPSA) is 126 Å². The first-order valence-corrected chi connectivity index (χ1v) is 13.6. The van der Waals surface area contributed by atoms with Gasteiger partial charge in [0.1, 0.15) is 12.6 Å². The van der Waals surface area contributed by atoms with E-state index in [1.165, 1.54) is 55.5 Å². The second-order valence-corrected chi connectivity index (χ2v) is 10.8. The molecule has 0 radical (unpaired) electrons. The van der Waals surface area contributed by atoms with Gasteiger partial charge in [-0.2, -0.15) is 18.4 Å². The molecule has 42 heavy (non-hydrogen) atoms. The zero-order chi connectivity index (χ0) is 30.7. The molecular formula is C29H22F3N3O6S. The van der Waals surface area contributed by atoms with Crippen LogP contribution in [0.25, 0.3) is 0 Å². The first kappa shape index (κ1) is 29.9. The number of allylic oxidation sites excluding steroid dienone is 1. The molecule has 3 aromatic carbocycles. The summed E-state index contributed by atoms with van der Waals surface area (Å²) in [7, 11) is -4.29. The number of amides is 2. The molecule has 0 aromatic heterocycles. The van der Waals surface area contributed by atoms with Crippen molar-refractivity contribution in [1.82, 2.24) is 5.32 Å². The molecule has 0 bridgehead atoms. The van der Waals surface area contributed by atoms with Crippen molar-refractivity contribution in [2.75, 3.05) is 11.5 Å². The fourth-order valence-electron chi connectivity index (χ4n) is 4.26. The number of ether oxygens (including phenoxy) is 2. The molecule has 1 heterocycles. The summed E-state index contributed by atoms with van der Waals surface area (Å²) in [6.07, 6.45) is -4.68. The van der Waals surface area contributed by atoms with Crippen LogP contribution in [0.5, 0.6) is 0 Å². The molecule has 13 heteroatoms. The number of nitrogens with zero attached hydrogens (tertiary/aromatic N) is 2. The minimum Gasteiger partial charge on any atom is -0.430 e. The molecule has 216 valence electrons. The van der Waals surface area contributed by atoms with Gasteiger partial charge in [-0.15, -0.1) is 0 Å². The number of nitriles is 1. The van der Waals surface area contributed by atoms with Crippen molar-refractivity contribution < 1.29 is 40.7 Å². The summed E-state index contributed by atoms with van der Waals surface area (Å²) in [5, 5.41) is 12.0. The maximum atomic E-state index is 13.7. The lowest BCUT2D eigenvalue weighted by Crippen LogP contribution is -2.47. The number of benzene rings is 3. The average molecular weight is 598 g/mol. The molecule has 0 fully saturated rings. The third-order valence-corrected chi connectivity index (χ3v) is 7.99. The summed E-state index contributed by atoms with van der Waals surface area (Å²) < 4.78 is 78.1. The highest BCUT2D eigenvalue weighted by Crippen LogP contribution is 2.39. The van der Waals surface area contributed by atoms with Gasteiger partial charge >= 0.3 is 18.4 Å². The smallest absolute Gasteiger partial charge is 0.430 e. The van der Waals surface area contributed by atoms with Gasteiger partial charge in [-0.1, -0.05) is 43.0 Å². The van der Waals surface area contributed by atoms with Crippen molar-refractivity contribution >= 4 is 27.7 Å². The molecule has 2 amide bonds. The molecule has 1 atom stereocenters. The van der Waals surface area contributed by atoms with E-state index in [1.54, 1.807) is 6.07 Å². The summed E-state index contributed by atoms with van der Waals surface area (Å²) in [5.74, 6) is -0.324. The number of anilines is 1. The molecule has 0 aliphatic carbocycles. The van der Waals surface area contributed by atoms with Crippen LogP contribution < -0.4 is 10.2 Å². The normalized spacial score (nSPS) is 15.5. The Bertz CT molecular complexity index is 1730. The molecule has 0 saturated carbocycles. The Hall–Kier alpha value is -5.09. The van der Waals surface area contributed by atoms with Crippen LogP contribution in [0, 0.1) is 11.3 Å². The number of rotatable bonds is 7. The van der Waals surface area contributed by atoms with Crippen LogP contribution in [0.2, 0.25) is 0 Å². The monoisotopic (exact) mass is 597 g/mol. The number of carbonyl (C=O) groups is 2. The number of urea groups is 1. The van der Waals surface area contributed by atoms with E-state index in [2.05, 4.69) is 11.9 Å². The van der Waals surface area contributed by atoms with Crippen LogP contribution in [0.15, 0.2) is 107 Å². The Morgan fingerprint density at radius 2 is 1.83 bits per heavy atom. The van der Waals surface area contributed by atoms with Crippen molar-refractivity contribution in [2.45, 2.75) is 28.9 Å². The van der Waals surface area contributed by atoms with Gasteiger partial charge in [0.15, 0.2) is 5.76 Å². The summed E-state index contributed by atoms with van der Waals surface area (Å²) in [4.78, 5) is 26.3. The average Bonchev–Trinajstić information content (AvgIpc) is 2.97. The van der Waals surface area contributed by atoms with E-state index in [1.807, 2.05) is 6.07 Å². The van der Waals surface area contributed by atoms with Gasteiger partial charge in [0, 0.05) is 5.56 Å². The number of hydrogen-bond donors (Lipinski definition) is 1. The van der Waals surface area contributed by atoms with E-state index in [0.717, 1.165) is 29.2 Å². The van der Waals surface area contributed by atoms with E-state index in [-0.39, 0.29) is 44.7 Å². The predicted octanol–water partition coefficient (Wildman–Crippen LogP) is 6.25. The molecule has 1 N–H and O–H groups in total. The largest absolute Gasteiger partial charge is 0.513 e. The van der Waals surface area contributed by atoms with Crippen molar-refractivity contribution in [1.29, 1.82) is 5.26 Å². The lowest BCUT2D eigenvalue weighted by molar-refractivity contribution is -0.137. The first-order valence-electron chi connectivity index (χ1n) is 12.2. The molecule has 1 unspecified atom stereocenters. The van der Waals surface area contributed by atoms with E-state index >= 15 is 0 Å². The number of nitrogens with one attached hydrogen (secondary N) is 1. The standard InChI is InChI=1S/C29H22F3N3O6S/c1-3-14-40-28(37)41-26-18(2)35(21-9-7-8-20(16-21)29(30,31)32)27(36)34-25(26)23-13-12-19(17-33)15-24(23)42(38,39)22-10-5-4-6-11-22/h3-13,15-16,25H,1,14H2,2H3,(H,34,36). The van der Waals surface area contributed by atoms with Crippen molar-refractivity contribution in [3.05, 3.63) is 114 Å². The van der Waals surface area contributed by atoms with Crippen LogP contribution in [0.1, 0.15) is 29.7 Å². The number of hydrogen-bond acceptors (Lipinski definition) is 7. The summed E-state index contributed by atoms with van der Waals surface area (Å²) >= 11 is 0. The second kappa shape index (κ2) is 11.8. The van der Waals surface area contributed by atoms with E-state index < -0.39 is 39.8 Å². The van der Waals surface area contributed by atoms with Crippen molar-refractivity contribution in [3.8, 4) is 6.07 Å². The fourth-order valence-corrected chi connectivity index (χ4v) is 5.80. The lowest BCUT2D eigenvalue weighted by atomic mass is 10.00. The summed E-state index contributed by atoms with van der Waals surface area (Å²) in [6, 6.07) is 14.5. The van der Waals surface area contributed by atoms with Crippen LogP contribution in [-0.4, -0.2) is 27.2 Å². The molecular weight excluding hydrogens is 575 g/mol. The third kappa shape index (κ3) is 5.98. The van der Waals surface area contributed by atoms with Crippen LogP contribution in [0.3, 0.4) is 0 Å². The van der Waals surface area contributed by atoms with E-state index in [9.17, 15) is 36.4 Å². The van der Waals surface area contributed by atoms with Crippen LogP contribution >= 0.6 is 0 Å². The highest BCUT2D eigenvalue weighted by atomic mass is 32.2. The highest BCUT2D eigenvalue weighted by molar-refractivity contribution is 7.91. The van der Waals surface area contributed by atoms with Crippen LogP contribution in [-0.2, 0) is 25.5 Å². The molecule has 0 saturated heterocycles. The second-order valence-electron chi connectivity index (χ2n) is 8.85. The van der Waals surface area contributed by atoms with Gasteiger partial charge in [0.2, 0.25) is 9.84 Å². The fraction of sp³-hybridized carbons (Fsp3) is 0.138. The Labute approximate surface area is 239 Å². The number of alkyl halides is 3. The third-order valence-electron chi connectivity index (χ3n) is 6.17. The molecule has 1 aliphatic rings. The minimum absolute atomic E-state index is 0.00505. The van der Waals surface area contributed by atoms with Gasteiger partial charge in [0.25, 0.3) is 0 Å². The molecule has 9 nitrogen and oxygen atoms in total. The van der Waals surface area contributed by atoms with Crippen LogP contribution in [0.4, 0.5) is 28.4 Å². The Kier molecular flexibility index (Phi) is 8.39. The van der Waals surface area contributed by atoms with Crippen molar-refractivity contribution in [3.63, 3.8) is 0 Å². The number of sulfone groups is 1. The number of carbonyl (C=O) groups excluding carboxylic acids is 2. The zero-order valence-electron chi connectivity index (χ0n) is 21.9. The Morgan fingerprint density at radius 3 is 2.48 bits per heavy atom.